The predicted molar refractivity (Wildman–Crippen MR) is 103 cm³/mol. The van der Waals surface area contributed by atoms with Gasteiger partial charge in [-0.25, -0.2) is 0 Å². The number of hydrogen-bond acceptors (Lipinski definition) is 4. The molecule has 0 aliphatic carbocycles. The Bertz CT molecular complexity index is 892. The molecule has 6 heteroatoms. The lowest BCUT2D eigenvalue weighted by Crippen LogP contribution is -2.27. The Morgan fingerprint density at radius 2 is 1.85 bits per heavy atom. The summed E-state index contributed by atoms with van der Waals surface area (Å²) in [5.74, 6) is -1.53. The zero-order valence-corrected chi connectivity index (χ0v) is 16.0. The van der Waals surface area contributed by atoms with E-state index in [0.717, 1.165) is 16.8 Å². The fraction of sp³-hybridized carbons (Fsp3) is 0.286. The van der Waals surface area contributed by atoms with Gasteiger partial charge in [-0.15, -0.1) is 0 Å². The van der Waals surface area contributed by atoms with Crippen LogP contribution in [-0.2, 0) is 14.3 Å². The number of amides is 1. The zero-order chi connectivity index (χ0) is 19.6. The van der Waals surface area contributed by atoms with Crippen molar-refractivity contribution < 1.29 is 19.1 Å². The van der Waals surface area contributed by atoms with Gasteiger partial charge in [-0.05, 0) is 55.3 Å². The van der Waals surface area contributed by atoms with Gasteiger partial charge in [0.2, 0.25) is 5.91 Å². The van der Waals surface area contributed by atoms with Crippen LogP contribution in [0.1, 0.15) is 27.9 Å². The number of ether oxygens (including phenoxy) is 1. The van der Waals surface area contributed by atoms with Crippen LogP contribution < -0.4 is 4.90 Å². The maximum Gasteiger partial charge on any atom is 0.311 e. The summed E-state index contributed by atoms with van der Waals surface area (Å²) in [6, 6.07) is 12.1. The van der Waals surface area contributed by atoms with Gasteiger partial charge < -0.3 is 9.64 Å². The van der Waals surface area contributed by atoms with Crippen LogP contribution in [0.3, 0.4) is 0 Å². The number of hydrogen-bond donors (Lipinski definition) is 0. The van der Waals surface area contributed by atoms with Gasteiger partial charge in [0.05, 0.1) is 5.92 Å². The Morgan fingerprint density at radius 3 is 2.56 bits per heavy atom. The predicted octanol–water partition coefficient (Wildman–Crippen LogP) is 3.74. The van der Waals surface area contributed by atoms with E-state index >= 15 is 0 Å². The molecular weight excluding hydrogens is 366 g/mol. The quantitative estimate of drug-likeness (QED) is 0.581. The molecular formula is C21H20ClNO4. The molecule has 140 valence electrons. The SMILES string of the molecule is Cc1cccc(N2CC(C(=O)OCC(=O)c3ccc(Cl)cc3)CC2=O)c1C. The number of esters is 1. The van der Waals surface area contributed by atoms with Gasteiger partial charge in [-0.3, -0.25) is 14.4 Å². The van der Waals surface area contributed by atoms with Gasteiger partial charge in [-0.2, -0.15) is 0 Å². The van der Waals surface area contributed by atoms with E-state index in [2.05, 4.69) is 0 Å². The third-order valence-corrected chi connectivity index (χ3v) is 5.09. The fourth-order valence-corrected chi connectivity index (χ4v) is 3.23. The second-order valence-electron chi connectivity index (χ2n) is 6.66. The van der Waals surface area contributed by atoms with Crippen molar-refractivity contribution in [1.29, 1.82) is 0 Å². The number of anilines is 1. The first-order valence-electron chi connectivity index (χ1n) is 8.69. The van der Waals surface area contributed by atoms with Gasteiger partial charge in [0.25, 0.3) is 0 Å². The number of rotatable bonds is 5. The first-order valence-corrected chi connectivity index (χ1v) is 9.06. The van der Waals surface area contributed by atoms with E-state index in [1.54, 1.807) is 29.2 Å². The van der Waals surface area contributed by atoms with Crippen LogP contribution in [0.5, 0.6) is 0 Å². The van der Waals surface area contributed by atoms with Crippen molar-refractivity contribution in [2.24, 2.45) is 5.92 Å². The van der Waals surface area contributed by atoms with Crippen LogP contribution in [0.15, 0.2) is 42.5 Å². The van der Waals surface area contributed by atoms with Crippen molar-refractivity contribution in [2.75, 3.05) is 18.1 Å². The molecule has 1 unspecified atom stereocenters. The Hall–Kier alpha value is -2.66. The third-order valence-electron chi connectivity index (χ3n) is 4.84. The third kappa shape index (κ3) is 4.19. The molecule has 27 heavy (non-hydrogen) atoms. The fourth-order valence-electron chi connectivity index (χ4n) is 3.10. The highest BCUT2D eigenvalue weighted by Gasteiger charge is 2.37. The van der Waals surface area contributed by atoms with Crippen molar-refractivity contribution in [1.82, 2.24) is 0 Å². The molecule has 1 atom stereocenters. The van der Waals surface area contributed by atoms with Gasteiger partial charge in [0.1, 0.15) is 0 Å². The summed E-state index contributed by atoms with van der Waals surface area (Å²) in [6.07, 6.45) is 0.0847. The van der Waals surface area contributed by atoms with Gasteiger partial charge in [0, 0.05) is 29.2 Å². The number of halogens is 1. The number of Topliss-reactive ketones (excluding diaryl/α,β-unsaturated/α-hetero) is 1. The number of ketones is 1. The Labute approximate surface area is 162 Å². The molecule has 2 aromatic carbocycles. The molecule has 5 nitrogen and oxygen atoms in total. The minimum atomic E-state index is -0.574. The molecule has 0 saturated carbocycles. The highest BCUT2D eigenvalue weighted by molar-refractivity contribution is 6.30. The molecule has 1 aliphatic rings. The summed E-state index contributed by atoms with van der Waals surface area (Å²) in [5.41, 5.74) is 3.33. The van der Waals surface area contributed by atoms with Gasteiger partial charge in [0.15, 0.2) is 12.4 Å². The maximum atomic E-state index is 12.4. The van der Waals surface area contributed by atoms with Crippen molar-refractivity contribution in [3.05, 3.63) is 64.2 Å². The summed E-state index contributed by atoms with van der Waals surface area (Å²) in [7, 11) is 0. The molecule has 3 rings (SSSR count). The molecule has 1 saturated heterocycles. The van der Waals surface area contributed by atoms with E-state index in [0.29, 0.717) is 10.6 Å². The average molecular weight is 386 g/mol. The van der Waals surface area contributed by atoms with E-state index in [-0.39, 0.29) is 31.3 Å². The van der Waals surface area contributed by atoms with Crippen LogP contribution in [0.2, 0.25) is 5.02 Å². The molecule has 0 aromatic heterocycles. The molecule has 1 aliphatic heterocycles. The van der Waals surface area contributed by atoms with Crippen LogP contribution >= 0.6 is 11.6 Å². The topological polar surface area (TPSA) is 63.7 Å². The Kier molecular flexibility index (Phi) is 5.61. The lowest BCUT2D eigenvalue weighted by molar-refractivity contribution is -0.147. The van der Waals surface area contributed by atoms with E-state index in [1.807, 2.05) is 32.0 Å². The highest BCUT2D eigenvalue weighted by Crippen LogP contribution is 2.29. The van der Waals surface area contributed by atoms with E-state index in [1.165, 1.54) is 0 Å². The molecule has 1 fully saturated rings. The minimum absolute atomic E-state index is 0.0847. The summed E-state index contributed by atoms with van der Waals surface area (Å²) in [6.45, 7) is 3.84. The number of benzene rings is 2. The number of aryl methyl sites for hydroxylation is 1. The minimum Gasteiger partial charge on any atom is -0.457 e. The summed E-state index contributed by atoms with van der Waals surface area (Å²) < 4.78 is 5.16. The van der Waals surface area contributed by atoms with Crippen LogP contribution in [0, 0.1) is 19.8 Å². The molecule has 0 N–H and O–H groups in total. The lowest BCUT2D eigenvalue weighted by atomic mass is 10.1. The molecule has 0 bridgehead atoms. The molecule has 0 spiro atoms. The largest absolute Gasteiger partial charge is 0.457 e. The molecule has 1 amide bonds. The van der Waals surface area contributed by atoms with E-state index in [9.17, 15) is 14.4 Å². The van der Waals surface area contributed by atoms with Gasteiger partial charge in [-0.1, -0.05) is 23.7 Å². The highest BCUT2D eigenvalue weighted by atomic mass is 35.5. The normalized spacial score (nSPS) is 16.5. The van der Waals surface area contributed by atoms with Crippen molar-refractivity contribution >= 4 is 34.9 Å². The zero-order valence-electron chi connectivity index (χ0n) is 15.2. The first kappa shape index (κ1) is 19.1. The smallest absolute Gasteiger partial charge is 0.311 e. The number of nitrogens with zero attached hydrogens (tertiary/aromatic N) is 1. The first-order chi connectivity index (χ1) is 12.9. The van der Waals surface area contributed by atoms with Crippen molar-refractivity contribution in [3.8, 4) is 0 Å². The van der Waals surface area contributed by atoms with Gasteiger partial charge >= 0.3 is 5.97 Å². The molecule has 1 heterocycles. The van der Waals surface area contributed by atoms with Crippen molar-refractivity contribution in [2.45, 2.75) is 20.3 Å². The molecule has 2 aromatic rings. The second-order valence-corrected chi connectivity index (χ2v) is 7.10. The van der Waals surface area contributed by atoms with Crippen LogP contribution in [-0.4, -0.2) is 30.8 Å². The summed E-state index contributed by atoms with van der Waals surface area (Å²) in [5, 5.41) is 0.527. The van der Waals surface area contributed by atoms with E-state index < -0.39 is 11.9 Å². The molecule has 0 radical (unpaired) electrons. The maximum absolute atomic E-state index is 12.4. The number of carbonyl (C=O) groups is 3. The standard InChI is InChI=1S/C21H20ClNO4/c1-13-4-3-5-18(14(13)2)23-11-16(10-20(23)25)21(26)27-12-19(24)15-6-8-17(22)9-7-15/h3-9,16H,10-12H2,1-2H3. The Balaban J connectivity index is 1.61. The van der Waals surface area contributed by atoms with E-state index in [4.69, 9.17) is 16.3 Å². The summed E-state index contributed by atoms with van der Waals surface area (Å²) >= 11 is 5.80. The summed E-state index contributed by atoms with van der Waals surface area (Å²) in [4.78, 5) is 38.4. The second kappa shape index (κ2) is 7.92. The van der Waals surface area contributed by atoms with Crippen molar-refractivity contribution in [3.63, 3.8) is 0 Å². The average Bonchev–Trinajstić information content (AvgIpc) is 3.04. The number of carbonyl (C=O) groups excluding carboxylic acids is 3. The monoisotopic (exact) mass is 385 g/mol. The lowest BCUT2D eigenvalue weighted by Gasteiger charge is -2.20. The van der Waals surface area contributed by atoms with Crippen LogP contribution in [0.25, 0.3) is 0 Å². The Morgan fingerprint density at radius 1 is 1.15 bits per heavy atom. The van der Waals surface area contributed by atoms with Crippen LogP contribution in [0.4, 0.5) is 5.69 Å².